The number of hydrogen-bond donors (Lipinski definition) is 1. The van der Waals surface area contributed by atoms with Gasteiger partial charge in [0.05, 0.1) is 16.8 Å². The molecule has 0 aliphatic carbocycles. The number of nitrogens with one attached hydrogen (secondary N) is 1. The zero-order valence-electron chi connectivity index (χ0n) is 16.9. The third-order valence-corrected chi connectivity index (χ3v) is 6.96. The van der Waals surface area contributed by atoms with Gasteiger partial charge >= 0.3 is 6.09 Å². The lowest BCUT2D eigenvalue weighted by Gasteiger charge is -2.25. The highest BCUT2D eigenvalue weighted by atomic mass is 35.5. The van der Waals surface area contributed by atoms with Crippen LogP contribution >= 0.6 is 11.6 Å². The van der Waals surface area contributed by atoms with E-state index in [1.54, 1.807) is 0 Å². The predicted molar refractivity (Wildman–Crippen MR) is 111 cm³/mol. The van der Waals surface area contributed by atoms with Crippen LogP contribution in [0.1, 0.15) is 31.6 Å². The van der Waals surface area contributed by atoms with Crippen LogP contribution in [0.15, 0.2) is 47.4 Å². The van der Waals surface area contributed by atoms with Crippen LogP contribution in [0.2, 0.25) is 5.02 Å². The van der Waals surface area contributed by atoms with E-state index in [0.29, 0.717) is 11.6 Å². The Labute approximate surface area is 180 Å². The molecule has 0 saturated carbocycles. The quantitative estimate of drug-likeness (QED) is 0.592. The maximum Gasteiger partial charge on any atom is 0.407 e. The summed E-state index contributed by atoms with van der Waals surface area (Å²) in [5.41, 5.74) is -0.330. The second kappa shape index (κ2) is 10.2. The number of amides is 1. The van der Waals surface area contributed by atoms with Crippen LogP contribution in [0.3, 0.4) is 0 Å². The van der Waals surface area contributed by atoms with Crippen molar-refractivity contribution in [2.75, 3.05) is 13.2 Å². The van der Waals surface area contributed by atoms with Crippen LogP contribution in [-0.2, 0) is 14.6 Å². The van der Waals surface area contributed by atoms with E-state index < -0.39 is 38.7 Å². The molecule has 2 rings (SSSR count). The number of alkyl carbamates (subject to hydrolysis) is 1. The van der Waals surface area contributed by atoms with Crippen molar-refractivity contribution in [3.63, 3.8) is 0 Å². The number of ether oxygens (including phenoxy) is 1. The molecular weight excluding hydrogens is 436 g/mol. The zero-order chi connectivity index (χ0) is 22.5. The SMILES string of the molecule is CC(C)CNC(=O)OC[C@@H](C)[C@@H](c1cc(F)ccc1F)S(=O)(=O)c1ccc(Cl)cc1. The van der Waals surface area contributed by atoms with Gasteiger partial charge in [0.2, 0.25) is 0 Å². The molecule has 164 valence electrons. The molecule has 0 fully saturated rings. The lowest BCUT2D eigenvalue weighted by Crippen LogP contribution is -2.31. The Morgan fingerprint density at radius 1 is 1.10 bits per heavy atom. The maximum absolute atomic E-state index is 14.5. The van der Waals surface area contributed by atoms with Crippen LogP contribution in [-0.4, -0.2) is 27.7 Å². The second-order valence-corrected chi connectivity index (χ2v) is 9.94. The number of rotatable bonds is 8. The summed E-state index contributed by atoms with van der Waals surface area (Å²) in [5, 5.41) is 1.41. The summed E-state index contributed by atoms with van der Waals surface area (Å²) in [5.74, 6) is -2.30. The minimum absolute atomic E-state index is 0.100. The smallest absolute Gasteiger partial charge is 0.407 e. The average molecular weight is 460 g/mol. The van der Waals surface area contributed by atoms with E-state index in [4.69, 9.17) is 16.3 Å². The molecule has 0 saturated heterocycles. The molecule has 2 atom stereocenters. The van der Waals surface area contributed by atoms with Crippen molar-refractivity contribution in [3.8, 4) is 0 Å². The topological polar surface area (TPSA) is 72.5 Å². The van der Waals surface area contributed by atoms with Gasteiger partial charge < -0.3 is 10.1 Å². The molecule has 0 bridgehead atoms. The Kier molecular flexibility index (Phi) is 8.20. The molecule has 2 aromatic carbocycles. The van der Waals surface area contributed by atoms with E-state index in [1.807, 2.05) is 13.8 Å². The highest BCUT2D eigenvalue weighted by Gasteiger charge is 2.36. The van der Waals surface area contributed by atoms with Gasteiger partial charge in [-0.2, -0.15) is 0 Å². The summed E-state index contributed by atoms with van der Waals surface area (Å²) in [7, 11) is -4.16. The summed E-state index contributed by atoms with van der Waals surface area (Å²) in [6.07, 6.45) is -0.710. The van der Waals surface area contributed by atoms with Gasteiger partial charge in [-0.25, -0.2) is 22.0 Å². The molecule has 0 unspecified atom stereocenters. The number of hydrogen-bond acceptors (Lipinski definition) is 4. The van der Waals surface area contributed by atoms with Gasteiger partial charge in [-0.3, -0.25) is 0 Å². The van der Waals surface area contributed by atoms with Crippen molar-refractivity contribution in [1.82, 2.24) is 5.32 Å². The number of halogens is 3. The first-order valence-corrected chi connectivity index (χ1v) is 11.3. The molecule has 0 spiro atoms. The Hall–Kier alpha value is -2.19. The highest BCUT2D eigenvalue weighted by molar-refractivity contribution is 7.91. The first-order chi connectivity index (χ1) is 14.0. The molecule has 0 heterocycles. The fourth-order valence-electron chi connectivity index (χ4n) is 2.92. The standard InChI is InChI=1S/C21H24ClF2NO4S/c1-13(2)11-25-21(26)29-12-14(3)20(18-10-16(23)6-9-19(18)24)30(27,28)17-7-4-15(22)5-8-17/h4-10,13-14,20H,11-12H2,1-3H3,(H,25,26)/t14-,20+/m1/s1. The minimum atomic E-state index is -4.16. The normalized spacial score (nSPS) is 13.7. The number of benzene rings is 2. The molecule has 9 heteroatoms. The van der Waals surface area contributed by atoms with Crippen molar-refractivity contribution in [2.24, 2.45) is 11.8 Å². The molecule has 0 radical (unpaired) electrons. The number of carbonyl (C=O) groups is 1. The van der Waals surface area contributed by atoms with Gasteiger partial charge in [0.15, 0.2) is 9.84 Å². The van der Waals surface area contributed by atoms with Crippen molar-refractivity contribution in [1.29, 1.82) is 0 Å². The van der Waals surface area contributed by atoms with Gasteiger partial charge in [0.1, 0.15) is 11.6 Å². The van der Waals surface area contributed by atoms with Crippen molar-refractivity contribution >= 4 is 27.5 Å². The molecule has 0 aliphatic rings. The van der Waals surface area contributed by atoms with Gasteiger partial charge in [-0.15, -0.1) is 0 Å². The third kappa shape index (κ3) is 6.15. The largest absolute Gasteiger partial charge is 0.449 e. The summed E-state index contributed by atoms with van der Waals surface area (Å²) >= 11 is 5.83. The van der Waals surface area contributed by atoms with Gasteiger partial charge in [0.25, 0.3) is 0 Å². The molecule has 0 aliphatic heterocycles. The van der Waals surface area contributed by atoms with Gasteiger partial charge in [0, 0.05) is 23.0 Å². The summed E-state index contributed by atoms with van der Waals surface area (Å²) in [4.78, 5) is 11.8. The summed E-state index contributed by atoms with van der Waals surface area (Å²) in [6.45, 7) is 5.39. The van der Waals surface area contributed by atoms with E-state index in [1.165, 1.54) is 31.2 Å². The first kappa shape index (κ1) is 24.1. The number of sulfone groups is 1. The van der Waals surface area contributed by atoms with Crippen LogP contribution in [0, 0.1) is 23.5 Å². The lowest BCUT2D eigenvalue weighted by molar-refractivity contribution is 0.127. The molecular formula is C21H24ClF2NO4S. The summed E-state index contributed by atoms with van der Waals surface area (Å²) < 4.78 is 60.1. The fourth-order valence-corrected chi connectivity index (χ4v) is 5.06. The van der Waals surface area contributed by atoms with Crippen molar-refractivity contribution in [2.45, 2.75) is 30.9 Å². The lowest BCUT2D eigenvalue weighted by atomic mass is 10.0. The minimum Gasteiger partial charge on any atom is -0.449 e. The van der Waals surface area contributed by atoms with E-state index in [9.17, 15) is 22.0 Å². The molecule has 30 heavy (non-hydrogen) atoms. The van der Waals surface area contributed by atoms with Gasteiger partial charge in [-0.05, 0) is 48.4 Å². The van der Waals surface area contributed by atoms with Crippen LogP contribution in [0.5, 0.6) is 0 Å². The van der Waals surface area contributed by atoms with Crippen LogP contribution in [0.4, 0.5) is 13.6 Å². The molecule has 1 N–H and O–H groups in total. The Morgan fingerprint density at radius 3 is 2.33 bits per heavy atom. The monoisotopic (exact) mass is 459 g/mol. The second-order valence-electron chi connectivity index (χ2n) is 7.44. The van der Waals surface area contributed by atoms with E-state index in [2.05, 4.69) is 5.32 Å². The van der Waals surface area contributed by atoms with Gasteiger partial charge in [-0.1, -0.05) is 32.4 Å². The third-order valence-electron chi connectivity index (χ3n) is 4.39. The Bertz CT molecular complexity index is 981. The Morgan fingerprint density at radius 2 is 1.73 bits per heavy atom. The zero-order valence-corrected chi connectivity index (χ0v) is 18.4. The Balaban J connectivity index is 2.38. The number of carbonyl (C=O) groups excluding carboxylic acids is 1. The predicted octanol–water partition coefficient (Wildman–Crippen LogP) is 5.15. The maximum atomic E-state index is 14.5. The molecule has 0 aromatic heterocycles. The average Bonchev–Trinajstić information content (AvgIpc) is 2.67. The van der Waals surface area contributed by atoms with Crippen molar-refractivity contribution in [3.05, 3.63) is 64.7 Å². The first-order valence-electron chi connectivity index (χ1n) is 9.37. The fraction of sp³-hybridized carbons (Fsp3) is 0.381. The van der Waals surface area contributed by atoms with Crippen LogP contribution < -0.4 is 5.32 Å². The van der Waals surface area contributed by atoms with Crippen LogP contribution in [0.25, 0.3) is 0 Å². The summed E-state index contributed by atoms with van der Waals surface area (Å²) in [6, 6.07) is 8.02. The molecule has 5 nitrogen and oxygen atoms in total. The molecule has 2 aromatic rings. The molecule has 1 amide bonds. The van der Waals surface area contributed by atoms with E-state index >= 15 is 0 Å². The van der Waals surface area contributed by atoms with E-state index in [0.717, 1.165) is 18.2 Å². The van der Waals surface area contributed by atoms with E-state index in [-0.39, 0.29) is 23.0 Å². The van der Waals surface area contributed by atoms with Crippen molar-refractivity contribution < 1.29 is 26.7 Å². The highest BCUT2D eigenvalue weighted by Crippen LogP contribution is 2.37.